The average molecular weight is 304 g/mol. The minimum atomic E-state index is -3.38. The Morgan fingerprint density at radius 2 is 1.95 bits per heavy atom. The van der Waals surface area contributed by atoms with Crippen LogP contribution in [0.25, 0.3) is 0 Å². The number of nitrogens with zero attached hydrogens (tertiary/aromatic N) is 1. The Morgan fingerprint density at radius 1 is 1.42 bits per heavy atom. The second-order valence-corrected chi connectivity index (χ2v) is 7.62. The predicted octanol–water partition coefficient (Wildman–Crippen LogP) is 1.51. The molecule has 6 nitrogen and oxygen atoms in total. The number of aromatic nitrogens is 2. The highest BCUT2D eigenvalue weighted by Gasteiger charge is 2.35. The van der Waals surface area contributed by atoms with E-state index >= 15 is 0 Å². The first-order valence-corrected chi connectivity index (χ1v) is 7.71. The van der Waals surface area contributed by atoms with Crippen molar-refractivity contribution >= 4 is 28.0 Å². The van der Waals surface area contributed by atoms with Gasteiger partial charge in [-0.15, -0.1) is 0 Å². The molecule has 1 N–H and O–H groups in total. The van der Waals surface area contributed by atoms with Crippen LogP contribution in [-0.4, -0.2) is 37.7 Å². The van der Waals surface area contributed by atoms with Crippen LogP contribution in [0.2, 0.25) is 0 Å². The molecular formula is C11H16N2O4S2. The van der Waals surface area contributed by atoms with Gasteiger partial charge in [-0.05, 0) is 20.8 Å². The molecule has 106 valence electrons. The first-order chi connectivity index (χ1) is 8.52. The number of sulfone groups is 1. The molecule has 8 heteroatoms. The van der Waals surface area contributed by atoms with E-state index in [9.17, 15) is 13.2 Å². The average Bonchev–Trinajstić information content (AvgIpc) is 2.25. The fourth-order valence-electron chi connectivity index (χ4n) is 1.39. The Labute approximate surface area is 117 Å². The van der Waals surface area contributed by atoms with E-state index in [-0.39, 0.29) is 16.0 Å². The van der Waals surface area contributed by atoms with Gasteiger partial charge < -0.3 is 9.72 Å². The van der Waals surface area contributed by atoms with Crippen molar-refractivity contribution in [2.45, 2.75) is 25.5 Å². The Bertz CT molecular complexity index is 674. The molecule has 0 saturated heterocycles. The van der Waals surface area contributed by atoms with Gasteiger partial charge in [0.15, 0.2) is 9.84 Å². The molecule has 0 aliphatic heterocycles. The number of hydrogen-bond acceptors (Lipinski definition) is 6. The molecule has 0 amide bonds. The number of methoxy groups -OCH3 is 1. The van der Waals surface area contributed by atoms with Crippen LogP contribution in [0.1, 0.15) is 35.7 Å². The summed E-state index contributed by atoms with van der Waals surface area (Å²) in [6, 6.07) is 0. The second kappa shape index (κ2) is 5.01. The van der Waals surface area contributed by atoms with Crippen LogP contribution in [0.15, 0.2) is 0 Å². The number of esters is 1. The number of aromatic amines is 1. The third kappa shape index (κ3) is 2.84. The zero-order valence-corrected chi connectivity index (χ0v) is 13.0. The number of hydrogen-bond donors (Lipinski definition) is 1. The van der Waals surface area contributed by atoms with Gasteiger partial charge in [0.2, 0.25) is 0 Å². The lowest BCUT2D eigenvalue weighted by Gasteiger charge is -2.22. The van der Waals surface area contributed by atoms with Crippen LogP contribution in [-0.2, 0) is 19.3 Å². The number of aryl methyl sites for hydroxylation is 1. The highest BCUT2D eigenvalue weighted by atomic mass is 32.2. The van der Waals surface area contributed by atoms with Gasteiger partial charge in [0.05, 0.1) is 7.11 Å². The molecule has 0 aromatic carbocycles. The molecule has 1 aromatic heterocycles. The summed E-state index contributed by atoms with van der Waals surface area (Å²) in [7, 11) is -2.14. The Balaban J connectivity index is 3.55. The first-order valence-electron chi connectivity index (χ1n) is 5.41. The van der Waals surface area contributed by atoms with Crippen molar-refractivity contribution in [3.63, 3.8) is 0 Å². The van der Waals surface area contributed by atoms with Crippen LogP contribution < -0.4 is 0 Å². The smallest absolute Gasteiger partial charge is 0.342 e. The standard InChI is InChI=1S/C11H16N2O4S2/c1-6-7(9(14)17-4)8(18)13-10(12-6)11(2,3)19(5,15)16/h1-5H3,(H,12,13,18). The molecular weight excluding hydrogens is 288 g/mol. The summed E-state index contributed by atoms with van der Waals surface area (Å²) in [5, 5.41) is 0. The molecule has 0 atom stereocenters. The maximum atomic E-state index is 11.8. The van der Waals surface area contributed by atoms with Gasteiger partial charge in [0.1, 0.15) is 20.8 Å². The summed E-state index contributed by atoms with van der Waals surface area (Å²) in [4.78, 5) is 18.4. The zero-order valence-electron chi connectivity index (χ0n) is 11.4. The van der Waals surface area contributed by atoms with E-state index in [1.807, 2.05) is 0 Å². The highest BCUT2D eigenvalue weighted by Crippen LogP contribution is 2.26. The van der Waals surface area contributed by atoms with E-state index in [2.05, 4.69) is 14.7 Å². The predicted molar refractivity (Wildman–Crippen MR) is 73.4 cm³/mol. The second-order valence-electron chi connectivity index (χ2n) is 4.66. The quantitative estimate of drug-likeness (QED) is 0.672. The third-order valence-corrected chi connectivity index (χ3v) is 5.34. The fourth-order valence-corrected chi connectivity index (χ4v) is 2.16. The van der Waals surface area contributed by atoms with Crippen molar-refractivity contribution in [3.8, 4) is 0 Å². The van der Waals surface area contributed by atoms with Crippen molar-refractivity contribution in [1.82, 2.24) is 9.97 Å². The van der Waals surface area contributed by atoms with E-state index in [0.717, 1.165) is 6.26 Å². The van der Waals surface area contributed by atoms with Crippen LogP contribution in [0.3, 0.4) is 0 Å². The van der Waals surface area contributed by atoms with E-state index < -0.39 is 20.6 Å². The fraction of sp³-hybridized carbons (Fsp3) is 0.545. The van der Waals surface area contributed by atoms with Crippen LogP contribution in [0.4, 0.5) is 0 Å². The van der Waals surface area contributed by atoms with Gasteiger partial charge in [-0.1, -0.05) is 12.2 Å². The van der Waals surface area contributed by atoms with Crippen molar-refractivity contribution in [2.24, 2.45) is 0 Å². The SMILES string of the molecule is COC(=O)c1c(C)[nH]c(C(C)(C)S(C)(=O)=O)nc1=S. The van der Waals surface area contributed by atoms with Gasteiger partial charge in [0.25, 0.3) is 0 Å². The zero-order chi connectivity index (χ0) is 15.0. The van der Waals surface area contributed by atoms with E-state index in [0.29, 0.717) is 5.69 Å². The molecule has 0 saturated carbocycles. The van der Waals surface area contributed by atoms with Crippen molar-refractivity contribution < 1.29 is 17.9 Å². The summed E-state index contributed by atoms with van der Waals surface area (Å²) >= 11 is 5.03. The van der Waals surface area contributed by atoms with E-state index in [4.69, 9.17) is 12.2 Å². The number of ether oxygens (including phenoxy) is 1. The minimum absolute atomic E-state index is 0.0230. The molecule has 1 heterocycles. The lowest BCUT2D eigenvalue weighted by molar-refractivity contribution is 0.0598. The van der Waals surface area contributed by atoms with Gasteiger partial charge in [-0.2, -0.15) is 0 Å². The molecule has 0 fully saturated rings. The lowest BCUT2D eigenvalue weighted by Crippen LogP contribution is -2.31. The molecule has 0 radical (unpaired) electrons. The molecule has 0 unspecified atom stereocenters. The maximum Gasteiger partial charge on any atom is 0.342 e. The van der Waals surface area contributed by atoms with Gasteiger partial charge >= 0.3 is 5.97 Å². The number of nitrogens with one attached hydrogen (secondary N) is 1. The van der Waals surface area contributed by atoms with Crippen LogP contribution in [0, 0.1) is 11.6 Å². The van der Waals surface area contributed by atoms with E-state index in [1.165, 1.54) is 21.0 Å². The Morgan fingerprint density at radius 3 is 2.32 bits per heavy atom. The molecule has 0 spiro atoms. The maximum absolute atomic E-state index is 11.8. The summed E-state index contributed by atoms with van der Waals surface area (Å²) in [5.74, 6) is -0.403. The van der Waals surface area contributed by atoms with Crippen LogP contribution in [0.5, 0.6) is 0 Å². The van der Waals surface area contributed by atoms with Gasteiger partial charge in [0, 0.05) is 11.9 Å². The summed E-state index contributed by atoms with van der Waals surface area (Å²) < 4.78 is 26.9. The number of carbonyl (C=O) groups is 1. The van der Waals surface area contributed by atoms with Crippen molar-refractivity contribution in [1.29, 1.82) is 0 Å². The first kappa shape index (κ1) is 15.8. The third-order valence-electron chi connectivity index (χ3n) is 2.99. The monoisotopic (exact) mass is 304 g/mol. The summed E-state index contributed by atoms with van der Waals surface area (Å²) in [6.45, 7) is 4.66. The largest absolute Gasteiger partial charge is 0.465 e. The van der Waals surface area contributed by atoms with E-state index in [1.54, 1.807) is 6.92 Å². The number of carbonyl (C=O) groups excluding carboxylic acids is 1. The molecule has 0 bridgehead atoms. The lowest BCUT2D eigenvalue weighted by atomic mass is 10.1. The normalized spacial score (nSPS) is 12.3. The van der Waals surface area contributed by atoms with Crippen molar-refractivity contribution in [3.05, 3.63) is 21.7 Å². The van der Waals surface area contributed by atoms with Gasteiger partial charge in [-0.3, -0.25) is 0 Å². The Kier molecular flexibility index (Phi) is 4.16. The molecule has 1 rings (SSSR count). The van der Waals surface area contributed by atoms with Gasteiger partial charge in [-0.25, -0.2) is 18.2 Å². The highest BCUT2D eigenvalue weighted by molar-refractivity contribution is 7.91. The topological polar surface area (TPSA) is 89.1 Å². The summed E-state index contributed by atoms with van der Waals surface area (Å²) in [5.41, 5.74) is 0.573. The Hall–Kier alpha value is -1.28. The van der Waals surface area contributed by atoms with Crippen molar-refractivity contribution in [2.75, 3.05) is 13.4 Å². The van der Waals surface area contributed by atoms with Crippen LogP contribution >= 0.6 is 12.2 Å². The number of H-pyrrole nitrogens is 1. The molecule has 1 aromatic rings. The molecule has 0 aliphatic carbocycles. The number of rotatable bonds is 3. The summed E-state index contributed by atoms with van der Waals surface area (Å²) in [6.07, 6.45) is 1.12. The molecule has 19 heavy (non-hydrogen) atoms. The minimum Gasteiger partial charge on any atom is -0.465 e. The molecule has 0 aliphatic rings.